The monoisotopic (exact) mass is 410 g/mol. The average Bonchev–Trinajstić information content (AvgIpc) is 3.13. The summed E-state index contributed by atoms with van der Waals surface area (Å²) in [5.41, 5.74) is 1.86. The molecule has 1 fully saturated rings. The number of para-hydroxylation sites is 2. The Morgan fingerprint density at radius 3 is 2.43 bits per heavy atom. The van der Waals surface area contributed by atoms with Gasteiger partial charge in [-0.05, 0) is 57.4 Å². The zero-order valence-corrected chi connectivity index (χ0v) is 18.0. The number of methoxy groups -OCH3 is 1. The third kappa shape index (κ3) is 3.55. The fourth-order valence-electron chi connectivity index (χ4n) is 3.48. The second-order valence-electron chi connectivity index (χ2n) is 8.44. The zero-order valence-electron chi connectivity index (χ0n) is 18.0. The maximum absolute atomic E-state index is 12.8. The van der Waals surface area contributed by atoms with E-state index in [0.29, 0.717) is 24.7 Å². The van der Waals surface area contributed by atoms with Crippen LogP contribution in [-0.4, -0.2) is 48.2 Å². The van der Waals surface area contributed by atoms with E-state index in [1.54, 1.807) is 11.7 Å². The largest absolute Gasteiger partial charge is 0.494 e. The molecule has 0 saturated carbocycles. The molecule has 30 heavy (non-hydrogen) atoms. The predicted octanol–water partition coefficient (Wildman–Crippen LogP) is 2.64. The summed E-state index contributed by atoms with van der Waals surface area (Å²) in [5, 5.41) is 0. The van der Waals surface area contributed by atoms with Crippen LogP contribution >= 0.6 is 0 Å². The van der Waals surface area contributed by atoms with E-state index in [0.717, 1.165) is 16.5 Å². The molecule has 1 N–H and O–H groups in total. The summed E-state index contributed by atoms with van der Waals surface area (Å²) in [6.07, 6.45) is 0. The van der Waals surface area contributed by atoms with Crippen molar-refractivity contribution in [3.63, 3.8) is 0 Å². The molecular weight excluding hydrogens is 383 g/mol. The van der Waals surface area contributed by atoms with Crippen molar-refractivity contribution in [1.82, 2.24) is 9.55 Å². The summed E-state index contributed by atoms with van der Waals surface area (Å²) in [7, 11) is 1.11. The van der Waals surface area contributed by atoms with Gasteiger partial charge in [-0.25, -0.2) is 4.79 Å². The molecule has 0 unspecified atom stereocenters. The number of ether oxygens (including phenoxy) is 2. The Morgan fingerprint density at radius 1 is 1.03 bits per heavy atom. The summed E-state index contributed by atoms with van der Waals surface area (Å²) in [6, 6.07) is 13.2. The van der Waals surface area contributed by atoms with E-state index in [9.17, 15) is 4.79 Å². The third-order valence-corrected chi connectivity index (χ3v) is 5.88. The van der Waals surface area contributed by atoms with Gasteiger partial charge in [0.05, 0.1) is 34.5 Å². The van der Waals surface area contributed by atoms with Crippen LogP contribution in [0.4, 0.5) is 0 Å². The van der Waals surface area contributed by atoms with Gasteiger partial charge in [0.15, 0.2) is 0 Å². The number of imidazole rings is 1. The third-order valence-electron chi connectivity index (χ3n) is 5.88. The minimum absolute atomic E-state index is 0.237. The summed E-state index contributed by atoms with van der Waals surface area (Å²) < 4.78 is 24.9. The van der Waals surface area contributed by atoms with Crippen LogP contribution in [0.15, 0.2) is 47.3 Å². The zero-order chi connectivity index (χ0) is 21.5. The summed E-state index contributed by atoms with van der Waals surface area (Å²) in [5.74, 6) is 0.610. The fourth-order valence-corrected chi connectivity index (χ4v) is 3.48. The molecule has 8 heteroatoms. The quantitative estimate of drug-likeness (QED) is 0.500. The van der Waals surface area contributed by atoms with Gasteiger partial charge in [0.25, 0.3) is 0 Å². The number of fused-ring (bicyclic) bond motifs is 1. The van der Waals surface area contributed by atoms with Crippen molar-refractivity contribution >= 4 is 23.6 Å². The number of hydrogen-bond donors (Lipinski definition) is 1. The minimum Gasteiger partial charge on any atom is -0.489 e. The second kappa shape index (κ2) is 7.61. The highest BCUT2D eigenvalue weighted by molar-refractivity contribution is 6.62. The van der Waals surface area contributed by atoms with Crippen LogP contribution in [0.1, 0.15) is 27.7 Å². The van der Waals surface area contributed by atoms with E-state index in [1.165, 1.54) is 0 Å². The molecular formula is C22H27BN2O5. The SMILES string of the molecule is COCCOc1ccccc1-n1c(=O)[nH]c2ccc(B3OC(C)(C)C(C)(C)O3)cc21. The normalized spacial score (nSPS) is 17.6. The molecule has 2 aromatic carbocycles. The van der Waals surface area contributed by atoms with Crippen LogP contribution < -0.4 is 15.9 Å². The van der Waals surface area contributed by atoms with Crippen molar-refractivity contribution in [3.05, 3.63) is 52.9 Å². The number of rotatable bonds is 6. The highest BCUT2D eigenvalue weighted by Gasteiger charge is 2.51. The maximum Gasteiger partial charge on any atom is 0.494 e. The first-order chi connectivity index (χ1) is 14.2. The molecule has 0 atom stereocenters. The average molecular weight is 410 g/mol. The lowest BCUT2D eigenvalue weighted by atomic mass is 9.79. The van der Waals surface area contributed by atoms with Crippen LogP contribution in [0.3, 0.4) is 0 Å². The first-order valence-electron chi connectivity index (χ1n) is 10.0. The van der Waals surface area contributed by atoms with Crippen molar-refractivity contribution in [3.8, 4) is 11.4 Å². The first-order valence-corrected chi connectivity index (χ1v) is 10.0. The highest BCUT2D eigenvalue weighted by Crippen LogP contribution is 2.36. The number of H-pyrrole nitrogens is 1. The van der Waals surface area contributed by atoms with Crippen LogP contribution in [0.2, 0.25) is 0 Å². The van der Waals surface area contributed by atoms with E-state index in [2.05, 4.69) is 4.98 Å². The fraction of sp³-hybridized carbons (Fsp3) is 0.409. The molecule has 7 nitrogen and oxygen atoms in total. The number of nitrogens with one attached hydrogen (secondary N) is 1. The van der Waals surface area contributed by atoms with Gasteiger partial charge >= 0.3 is 12.8 Å². The first kappa shape index (κ1) is 20.7. The summed E-state index contributed by atoms with van der Waals surface area (Å²) >= 11 is 0. The van der Waals surface area contributed by atoms with Crippen molar-refractivity contribution in [2.75, 3.05) is 20.3 Å². The van der Waals surface area contributed by atoms with E-state index in [-0.39, 0.29) is 5.69 Å². The number of aromatic amines is 1. The molecule has 1 aliphatic heterocycles. The van der Waals surface area contributed by atoms with Gasteiger partial charge in [0, 0.05) is 7.11 Å². The van der Waals surface area contributed by atoms with E-state index < -0.39 is 18.3 Å². The van der Waals surface area contributed by atoms with Crippen molar-refractivity contribution < 1.29 is 18.8 Å². The molecule has 1 aliphatic rings. The molecule has 0 radical (unpaired) electrons. The standard InChI is InChI=1S/C22H27BN2O5/c1-21(2)22(3,4)30-23(29-21)15-10-11-16-18(14-15)25(20(26)24-16)17-8-6-7-9-19(17)28-13-12-27-5/h6-11,14H,12-13H2,1-5H3,(H,24,26). The van der Waals surface area contributed by atoms with Crippen LogP contribution in [0.5, 0.6) is 5.75 Å². The number of nitrogens with zero attached hydrogens (tertiary/aromatic N) is 1. The van der Waals surface area contributed by atoms with E-state index in [4.69, 9.17) is 18.8 Å². The van der Waals surface area contributed by atoms with Crippen molar-refractivity contribution in [2.24, 2.45) is 0 Å². The van der Waals surface area contributed by atoms with Crippen LogP contribution in [0.25, 0.3) is 16.7 Å². The van der Waals surface area contributed by atoms with E-state index in [1.807, 2.05) is 70.2 Å². The molecule has 158 valence electrons. The van der Waals surface area contributed by atoms with Crippen molar-refractivity contribution in [2.45, 2.75) is 38.9 Å². The lowest BCUT2D eigenvalue weighted by Crippen LogP contribution is -2.41. The molecule has 0 spiro atoms. The maximum atomic E-state index is 12.8. The van der Waals surface area contributed by atoms with Crippen molar-refractivity contribution in [1.29, 1.82) is 0 Å². The Kier molecular flexibility index (Phi) is 5.26. The van der Waals surface area contributed by atoms with Crippen LogP contribution in [0, 0.1) is 0 Å². The number of benzene rings is 2. The number of aromatic nitrogens is 2. The summed E-state index contributed by atoms with van der Waals surface area (Å²) in [4.78, 5) is 15.7. The van der Waals surface area contributed by atoms with Gasteiger partial charge in [-0.1, -0.05) is 18.2 Å². The molecule has 1 saturated heterocycles. The summed E-state index contributed by atoms with van der Waals surface area (Å²) in [6.45, 7) is 8.93. The molecule has 0 bridgehead atoms. The van der Waals surface area contributed by atoms with Gasteiger partial charge in [-0.15, -0.1) is 0 Å². The Labute approximate surface area is 176 Å². The smallest absolute Gasteiger partial charge is 0.489 e. The molecule has 0 amide bonds. The number of hydrogen-bond acceptors (Lipinski definition) is 5. The Hall–Kier alpha value is -2.55. The van der Waals surface area contributed by atoms with E-state index >= 15 is 0 Å². The minimum atomic E-state index is -0.508. The second-order valence-corrected chi connectivity index (χ2v) is 8.44. The molecule has 4 rings (SSSR count). The topological polar surface area (TPSA) is 74.7 Å². The van der Waals surface area contributed by atoms with Crippen LogP contribution in [-0.2, 0) is 14.0 Å². The molecule has 2 heterocycles. The molecule has 0 aliphatic carbocycles. The Balaban J connectivity index is 1.77. The molecule has 1 aromatic heterocycles. The lowest BCUT2D eigenvalue weighted by Gasteiger charge is -2.32. The highest BCUT2D eigenvalue weighted by atomic mass is 16.7. The van der Waals surface area contributed by atoms with Gasteiger partial charge in [-0.3, -0.25) is 4.57 Å². The predicted molar refractivity (Wildman–Crippen MR) is 117 cm³/mol. The Morgan fingerprint density at radius 2 is 1.73 bits per heavy atom. The molecule has 3 aromatic rings. The Bertz CT molecular complexity index is 1100. The lowest BCUT2D eigenvalue weighted by molar-refractivity contribution is 0.00578. The van der Waals surface area contributed by atoms with Gasteiger partial charge < -0.3 is 23.8 Å². The van der Waals surface area contributed by atoms with Gasteiger partial charge in [0.1, 0.15) is 12.4 Å². The van der Waals surface area contributed by atoms with Gasteiger partial charge in [0.2, 0.25) is 0 Å². The van der Waals surface area contributed by atoms with Gasteiger partial charge in [-0.2, -0.15) is 0 Å².